The predicted octanol–water partition coefficient (Wildman–Crippen LogP) is 1.59. The fourth-order valence-electron chi connectivity index (χ4n) is 1.33. The van der Waals surface area contributed by atoms with Gasteiger partial charge in [0, 0.05) is 18.8 Å². The Hall–Kier alpha value is -2.20. The molecular weight excluding hydrogens is 320 g/mol. The molecule has 6 nitrogen and oxygen atoms in total. The number of hydrogen-bond donors (Lipinski definition) is 3. The second-order valence-electron chi connectivity index (χ2n) is 3.69. The summed E-state index contributed by atoms with van der Waals surface area (Å²) in [7, 11) is 1.42. The van der Waals surface area contributed by atoms with E-state index in [1.54, 1.807) is 0 Å². The van der Waals surface area contributed by atoms with Gasteiger partial charge in [-0.05, 0) is 6.07 Å². The standard InChI is InChI=1S/C11H9F2N5OS2/c1-14-11(19)18-17-9(20)7-8(13)16-10(21-7)5-2-6(12)4-15-3-5/h2-4H,1H3,(H,17,20)(H2,14,18,19). The van der Waals surface area contributed by atoms with Gasteiger partial charge in [0.15, 0.2) is 0 Å². The molecule has 10 heteroatoms. The summed E-state index contributed by atoms with van der Waals surface area (Å²) < 4.78 is 26.9. The van der Waals surface area contributed by atoms with Crippen molar-refractivity contribution in [1.29, 1.82) is 0 Å². The fourth-order valence-corrected chi connectivity index (χ4v) is 2.41. The minimum Gasteiger partial charge on any atom is -0.340 e. The molecule has 2 rings (SSSR count). The second kappa shape index (κ2) is 6.50. The molecule has 0 atom stereocenters. The number of thiazole rings is 1. The number of aromatic nitrogens is 2. The Morgan fingerprint density at radius 1 is 1.33 bits per heavy atom. The van der Waals surface area contributed by atoms with Crippen LogP contribution in [-0.2, 0) is 0 Å². The van der Waals surface area contributed by atoms with Gasteiger partial charge >= 0.3 is 6.03 Å². The van der Waals surface area contributed by atoms with E-state index in [0.29, 0.717) is 5.56 Å². The summed E-state index contributed by atoms with van der Waals surface area (Å²) in [5.41, 5.74) is 4.93. The Bertz CT molecular complexity index is 691. The number of pyridine rings is 1. The highest BCUT2D eigenvalue weighted by Gasteiger charge is 2.17. The van der Waals surface area contributed by atoms with E-state index in [2.05, 4.69) is 26.1 Å². The van der Waals surface area contributed by atoms with Crippen molar-refractivity contribution in [3.63, 3.8) is 0 Å². The summed E-state index contributed by atoms with van der Waals surface area (Å²) in [5.74, 6) is -1.36. The van der Waals surface area contributed by atoms with Crippen LogP contribution in [0.4, 0.5) is 13.6 Å². The lowest BCUT2D eigenvalue weighted by Crippen LogP contribution is -2.45. The Balaban J connectivity index is 2.19. The first-order chi connectivity index (χ1) is 10.0. The molecule has 0 aliphatic carbocycles. The van der Waals surface area contributed by atoms with Crippen molar-refractivity contribution in [2.75, 3.05) is 7.05 Å². The Kier molecular flexibility index (Phi) is 4.70. The molecule has 0 saturated heterocycles. The first kappa shape index (κ1) is 15.2. The van der Waals surface area contributed by atoms with E-state index < -0.39 is 17.8 Å². The monoisotopic (exact) mass is 329 g/mol. The number of amides is 2. The fraction of sp³-hybridized carbons (Fsp3) is 0.0909. The number of rotatable bonds is 2. The SMILES string of the molecule is CNC(=O)NNC(=S)c1sc(-c2cncc(F)c2)nc1F. The molecule has 0 aromatic carbocycles. The molecule has 0 aliphatic heterocycles. The number of hydrazine groups is 1. The zero-order valence-corrected chi connectivity index (χ0v) is 12.2. The summed E-state index contributed by atoms with van der Waals surface area (Å²) in [4.78, 5) is 18.3. The third-order valence-corrected chi connectivity index (χ3v) is 3.79. The third-order valence-electron chi connectivity index (χ3n) is 2.26. The highest BCUT2D eigenvalue weighted by Crippen LogP contribution is 2.27. The van der Waals surface area contributed by atoms with Crippen LogP contribution in [0.3, 0.4) is 0 Å². The highest BCUT2D eigenvalue weighted by molar-refractivity contribution is 7.81. The number of hydrogen-bond acceptors (Lipinski definition) is 5. The molecule has 0 radical (unpaired) electrons. The first-order valence-corrected chi connectivity index (χ1v) is 6.79. The lowest BCUT2D eigenvalue weighted by Gasteiger charge is -2.06. The first-order valence-electron chi connectivity index (χ1n) is 5.56. The van der Waals surface area contributed by atoms with E-state index in [1.807, 2.05) is 0 Å². The number of carbonyl (C=O) groups excluding carboxylic acids is 1. The highest BCUT2D eigenvalue weighted by atomic mass is 32.1. The van der Waals surface area contributed by atoms with Crippen LogP contribution in [0.1, 0.15) is 4.88 Å². The van der Waals surface area contributed by atoms with Gasteiger partial charge in [0.25, 0.3) is 0 Å². The van der Waals surface area contributed by atoms with E-state index in [-0.39, 0.29) is 14.9 Å². The minimum atomic E-state index is -0.810. The maximum absolute atomic E-state index is 13.8. The van der Waals surface area contributed by atoms with Crippen molar-refractivity contribution in [2.45, 2.75) is 0 Å². The zero-order valence-electron chi connectivity index (χ0n) is 10.6. The topological polar surface area (TPSA) is 78.9 Å². The molecule has 2 amide bonds. The van der Waals surface area contributed by atoms with Crippen LogP contribution in [0.25, 0.3) is 10.6 Å². The van der Waals surface area contributed by atoms with Gasteiger partial charge in [-0.15, -0.1) is 11.3 Å². The summed E-state index contributed by atoms with van der Waals surface area (Å²) in [6.07, 6.45) is 2.40. The van der Waals surface area contributed by atoms with Crippen molar-refractivity contribution < 1.29 is 13.6 Å². The van der Waals surface area contributed by atoms with Crippen molar-refractivity contribution in [3.05, 3.63) is 35.1 Å². The third kappa shape index (κ3) is 3.67. The lowest BCUT2D eigenvalue weighted by atomic mass is 10.3. The summed E-state index contributed by atoms with van der Waals surface area (Å²) in [6.45, 7) is 0. The molecule has 0 bridgehead atoms. The van der Waals surface area contributed by atoms with Crippen LogP contribution in [0.5, 0.6) is 0 Å². The van der Waals surface area contributed by atoms with Crippen LogP contribution in [-0.4, -0.2) is 28.0 Å². The van der Waals surface area contributed by atoms with E-state index in [4.69, 9.17) is 12.2 Å². The average molecular weight is 329 g/mol. The molecule has 110 valence electrons. The largest absolute Gasteiger partial charge is 0.340 e. The Morgan fingerprint density at radius 3 is 2.76 bits per heavy atom. The van der Waals surface area contributed by atoms with Crippen molar-refractivity contribution in [1.82, 2.24) is 26.1 Å². The predicted molar refractivity (Wildman–Crippen MR) is 77.7 cm³/mol. The Morgan fingerprint density at radius 2 is 2.10 bits per heavy atom. The molecule has 0 fully saturated rings. The number of halogens is 2. The number of carbonyl (C=O) groups is 1. The maximum atomic E-state index is 13.8. The van der Waals surface area contributed by atoms with E-state index in [9.17, 15) is 13.6 Å². The summed E-state index contributed by atoms with van der Waals surface area (Å²) >= 11 is 5.87. The van der Waals surface area contributed by atoms with Crippen LogP contribution in [0.2, 0.25) is 0 Å². The van der Waals surface area contributed by atoms with Gasteiger partial charge in [-0.3, -0.25) is 15.8 Å². The van der Waals surface area contributed by atoms with Crippen molar-refractivity contribution >= 4 is 34.6 Å². The van der Waals surface area contributed by atoms with Gasteiger partial charge < -0.3 is 5.32 Å². The number of thiocarbonyl (C=S) groups is 1. The normalized spacial score (nSPS) is 10.0. The van der Waals surface area contributed by atoms with Crippen LogP contribution in [0, 0.1) is 11.8 Å². The van der Waals surface area contributed by atoms with Crippen molar-refractivity contribution in [3.8, 4) is 10.6 Å². The molecule has 0 spiro atoms. The van der Waals surface area contributed by atoms with Gasteiger partial charge in [-0.1, -0.05) is 12.2 Å². The van der Waals surface area contributed by atoms with Crippen LogP contribution >= 0.6 is 23.6 Å². The molecule has 2 aromatic heterocycles. The average Bonchev–Trinajstić information content (AvgIpc) is 2.86. The number of nitrogens with zero attached hydrogens (tertiary/aromatic N) is 2. The maximum Gasteiger partial charge on any atom is 0.333 e. The zero-order chi connectivity index (χ0) is 15.4. The van der Waals surface area contributed by atoms with Gasteiger partial charge in [0.05, 0.1) is 6.20 Å². The van der Waals surface area contributed by atoms with E-state index >= 15 is 0 Å². The molecule has 0 aliphatic rings. The summed E-state index contributed by atoms with van der Waals surface area (Å²) in [6, 6.07) is 0.658. The Labute approximate surface area is 127 Å². The number of nitrogens with one attached hydrogen (secondary N) is 3. The molecule has 3 N–H and O–H groups in total. The minimum absolute atomic E-state index is 0.0284. The molecule has 2 heterocycles. The van der Waals surface area contributed by atoms with Gasteiger partial charge in [0.1, 0.15) is 20.7 Å². The van der Waals surface area contributed by atoms with Gasteiger partial charge in [-0.25, -0.2) is 14.2 Å². The van der Waals surface area contributed by atoms with Gasteiger partial charge in [0.2, 0.25) is 5.95 Å². The van der Waals surface area contributed by atoms with E-state index in [0.717, 1.165) is 17.5 Å². The number of urea groups is 1. The van der Waals surface area contributed by atoms with Crippen LogP contribution < -0.4 is 16.2 Å². The molecule has 2 aromatic rings. The smallest absolute Gasteiger partial charge is 0.333 e. The molecule has 21 heavy (non-hydrogen) atoms. The van der Waals surface area contributed by atoms with Crippen LogP contribution in [0.15, 0.2) is 18.5 Å². The van der Waals surface area contributed by atoms with E-state index in [1.165, 1.54) is 19.3 Å². The quantitative estimate of drug-likeness (QED) is 0.576. The summed E-state index contributed by atoms with van der Waals surface area (Å²) in [5, 5.41) is 2.53. The van der Waals surface area contributed by atoms with Crippen molar-refractivity contribution in [2.24, 2.45) is 0 Å². The van der Waals surface area contributed by atoms with Gasteiger partial charge in [-0.2, -0.15) is 4.39 Å². The molecular formula is C11H9F2N5OS2. The second-order valence-corrected chi connectivity index (χ2v) is 5.10. The molecule has 0 saturated carbocycles. The lowest BCUT2D eigenvalue weighted by molar-refractivity contribution is 0.241. The molecule has 0 unspecified atom stereocenters.